The molecular formula is C19H22ClNO4. The van der Waals surface area contributed by atoms with Crippen molar-refractivity contribution in [3.05, 3.63) is 58.1 Å². The largest absolute Gasteiger partial charge is 0.493 e. The van der Waals surface area contributed by atoms with Crippen LogP contribution in [-0.4, -0.2) is 24.8 Å². The lowest BCUT2D eigenvalue weighted by atomic mass is 10.1. The topological polar surface area (TPSA) is 67.8 Å². The standard InChI is InChI=1S/C19H22ClNO4/c1-3-8-25-18-10-16(20)15(9-17(18)24-2)12-21-11-13-4-6-14(7-5-13)19(22)23/h4-7,9-10,21H,3,8,11-12H2,1-2H3,(H,22,23). The van der Waals surface area contributed by atoms with Gasteiger partial charge in [0, 0.05) is 24.2 Å². The highest BCUT2D eigenvalue weighted by Crippen LogP contribution is 2.33. The highest BCUT2D eigenvalue weighted by molar-refractivity contribution is 6.31. The van der Waals surface area contributed by atoms with Gasteiger partial charge in [-0.2, -0.15) is 0 Å². The molecule has 6 heteroatoms. The molecule has 5 nitrogen and oxygen atoms in total. The Kier molecular flexibility index (Phi) is 7.10. The van der Waals surface area contributed by atoms with Gasteiger partial charge in [0.2, 0.25) is 0 Å². The molecule has 0 saturated heterocycles. The number of carboxylic acids is 1. The molecule has 25 heavy (non-hydrogen) atoms. The third-order valence-electron chi connectivity index (χ3n) is 3.64. The number of aromatic carboxylic acids is 1. The summed E-state index contributed by atoms with van der Waals surface area (Å²) in [5.74, 6) is 0.367. The second-order valence-electron chi connectivity index (χ2n) is 5.55. The Bertz CT molecular complexity index is 716. The minimum Gasteiger partial charge on any atom is -0.493 e. The Morgan fingerprint density at radius 1 is 1.16 bits per heavy atom. The van der Waals surface area contributed by atoms with Crippen molar-refractivity contribution in [2.24, 2.45) is 0 Å². The molecule has 0 heterocycles. The molecule has 0 atom stereocenters. The maximum absolute atomic E-state index is 10.9. The van der Waals surface area contributed by atoms with Crippen molar-refractivity contribution in [3.63, 3.8) is 0 Å². The molecule has 0 aromatic heterocycles. The van der Waals surface area contributed by atoms with Gasteiger partial charge in [-0.25, -0.2) is 4.79 Å². The first-order valence-electron chi connectivity index (χ1n) is 8.07. The summed E-state index contributed by atoms with van der Waals surface area (Å²) in [4.78, 5) is 10.9. The fourth-order valence-corrected chi connectivity index (χ4v) is 2.52. The van der Waals surface area contributed by atoms with Gasteiger partial charge in [0.15, 0.2) is 11.5 Å². The van der Waals surface area contributed by atoms with E-state index < -0.39 is 5.97 Å². The van der Waals surface area contributed by atoms with E-state index in [0.717, 1.165) is 17.5 Å². The van der Waals surface area contributed by atoms with E-state index in [0.29, 0.717) is 36.2 Å². The fourth-order valence-electron chi connectivity index (χ4n) is 2.30. The van der Waals surface area contributed by atoms with Gasteiger partial charge in [0.25, 0.3) is 0 Å². The molecule has 0 aliphatic rings. The lowest BCUT2D eigenvalue weighted by Gasteiger charge is -2.14. The van der Waals surface area contributed by atoms with Crippen molar-refractivity contribution >= 4 is 17.6 Å². The summed E-state index contributed by atoms with van der Waals surface area (Å²) in [6.07, 6.45) is 0.907. The molecule has 0 aliphatic heterocycles. The number of ether oxygens (including phenoxy) is 2. The summed E-state index contributed by atoms with van der Waals surface area (Å²) >= 11 is 6.33. The third kappa shape index (κ3) is 5.37. The number of nitrogens with one attached hydrogen (secondary N) is 1. The van der Waals surface area contributed by atoms with E-state index in [1.165, 1.54) is 0 Å². The zero-order valence-electron chi connectivity index (χ0n) is 14.3. The number of hydrogen-bond acceptors (Lipinski definition) is 4. The van der Waals surface area contributed by atoms with Crippen molar-refractivity contribution in [2.45, 2.75) is 26.4 Å². The maximum Gasteiger partial charge on any atom is 0.335 e. The van der Waals surface area contributed by atoms with Crippen LogP contribution in [0.15, 0.2) is 36.4 Å². The Labute approximate surface area is 152 Å². The normalized spacial score (nSPS) is 10.5. The monoisotopic (exact) mass is 363 g/mol. The average Bonchev–Trinajstić information content (AvgIpc) is 2.61. The first-order chi connectivity index (χ1) is 12.0. The summed E-state index contributed by atoms with van der Waals surface area (Å²) in [5, 5.41) is 12.8. The van der Waals surface area contributed by atoms with Crippen molar-refractivity contribution in [1.29, 1.82) is 0 Å². The van der Waals surface area contributed by atoms with E-state index in [4.69, 9.17) is 26.2 Å². The van der Waals surface area contributed by atoms with Gasteiger partial charge in [-0.1, -0.05) is 30.7 Å². The van der Waals surface area contributed by atoms with Gasteiger partial charge < -0.3 is 19.9 Å². The van der Waals surface area contributed by atoms with Crippen LogP contribution in [0.2, 0.25) is 5.02 Å². The molecular weight excluding hydrogens is 342 g/mol. The Hall–Kier alpha value is -2.24. The minimum absolute atomic E-state index is 0.277. The second-order valence-corrected chi connectivity index (χ2v) is 5.96. The van der Waals surface area contributed by atoms with Gasteiger partial charge in [0.05, 0.1) is 19.3 Å². The van der Waals surface area contributed by atoms with Crippen molar-refractivity contribution < 1.29 is 19.4 Å². The molecule has 0 aliphatic carbocycles. The quantitative estimate of drug-likeness (QED) is 0.701. The SMILES string of the molecule is CCCOc1cc(Cl)c(CNCc2ccc(C(=O)O)cc2)cc1OC. The molecule has 0 amide bonds. The van der Waals surface area contributed by atoms with Gasteiger partial charge in [0.1, 0.15) is 0 Å². The van der Waals surface area contributed by atoms with Gasteiger partial charge in [-0.05, 0) is 35.7 Å². The summed E-state index contributed by atoms with van der Waals surface area (Å²) < 4.78 is 11.0. The molecule has 2 N–H and O–H groups in total. The lowest BCUT2D eigenvalue weighted by molar-refractivity contribution is 0.0697. The third-order valence-corrected chi connectivity index (χ3v) is 3.99. The summed E-state index contributed by atoms with van der Waals surface area (Å²) in [5.41, 5.74) is 2.18. The second kappa shape index (κ2) is 9.30. The van der Waals surface area contributed by atoms with E-state index in [-0.39, 0.29) is 5.56 Å². The predicted octanol–water partition coefficient (Wildman–Crippen LogP) is 4.13. The molecule has 0 fully saturated rings. The van der Waals surface area contributed by atoms with Crippen molar-refractivity contribution in [3.8, 4) is 11.5 Å². The number of rotatable bonds is 9. The van der Waals surface area contributed by atoms with Crippen LogP contribution in [0.4, 0.5) is 0 Å². The van der Waals surface area contributed by atoms with E-state index >= 15 is 0 Å². The van der Waals surface area contributed by atoms with Gasteiger partial charge in [-0.15, -0.1) is 0 Å². The zero-order valence-corrected chi connectivity index (χ0v) is 15.1. The number of methoxy groups -OCH3 is 1. The smallest absolute Gasteiger partial charge is 0.335 e. The molecule has 2 aromatic rings. The highest BCUT2D eigenvalue weighted by atomic mass is 35.5. The van der Waals surface area contributed by atoms with Gasteiger partial charge in [-0.3, -0.25) is 0 Å². The average molecular weight is 364 g/mol. The van der Waals surface area contributed by atoms with E-state index in [1.807, 2.05) is 13.0 Å². The zero-order chi connectivity index (χ0) is 18.2. The summed E-state index contributed by atoms with van der Waals surface area (Å²) in [6.45, 7) is 3.81. The Morgan fingerprint density at radius 2 is 1.88 bits per heavy atom. The van der Waals surface area contributed by atoms with Crippen LogP contribution in [0.1, 0.15) is 34.8 Å². The van der Waals surface area contributed by atoms with Crippen LogP contribution >= 0.6 is 11.6 Å². The van der Waals surface area contributed by atoms with E-state index in [1.54, 1.807) is 37.4 Å². The first-order valence-corrected chi connectivity index (χ1v) is 8.45. The number of halogens is 1. The summed E-state index contributed by atoms with van der Waals surface area (Å²) in [6, 6.07) is 10.4. The molecule has 134 valence electrons. The fraction of sp³-hybridized carbons (Fsp3) is 0.316. The van der Waals surface area contributed by atoms with Crippen LogP contribution in [0, 0.1) is 0 Å². The van der Waals surface area contributed by atoms with E-state index in [2.05, 4.69) is 5.32 Å². The molecule has 0 radical (unpaired) electrons. The van der Waals surface area contributed by atoms with Crippen molar-refractivity contribution in [2.75, 3.05) is 13.7 Å². The highest BCUT2D eigenvalue weighted by Gasteiger charge is 2.10. The predicted molar refractivity (Wildman–Crippen MR) is 97.7 cm³/mol. The first kappa shape index (κ1) is 19.1. The van der Waals surface area contributed by atoms with Crippen LogP contribution < -0.4 is 14.8 Å². The van der Waals surface area contributed by atoms with Crippen molar-refractivity contribution in [1.82, 2.24) is 5.32 Å². The number of benzene rings is 2. The van der Waals surface area contributed by atoms with Gasteiger partial charge >= 0.3 is 5.97 Å². The molecule has 0 unspecified atom stereocenters. The Balaban J connectivity index is 1.99. The molecule has 0 spiro atoms. The molecule has 0 saturated carbocycles. The maximum atomic E-state index is 10.9. The van der Waals surface area contributed by atoms with Crippen LogP contribution in [0.25, 0.3) is 0 Å². The van der Waals surface area contributed by atoms with E-state index in [9.17, 15) is 4.79 Å². The van der Waals surface area contributed by atoms with Crippen LogP contribution in [-0.2, 0) is 13.1 Å². The summed E-state index contributed by atoms with van der Waals surface area (Å²) in [7, 11) is 1.60. The molecule has 0 bridgehead atoms. The number of hydrogen-bond donors (Lipinski definition) is 2. The number of carbonyl (C=O) groups is 1. The molecule has 2 aromatic carbocycles. The molecule has 2 rings (SSSR count). The lowest BCUT2D eigenvalue weighted by Crippen LogP contribution is -2.13. The Morgan fingerprint density at radius 3 is 2.48 bits per heavy atom. The van der Waals surface area contributed by atoms with Crippen LogP contribution in [0.3, 0.4) is 0 Å². The number of carboxylic acid groups (broad SMARTS) is 1. The minimum atomic E-state index is -0.927. The van der Waals surface area contributed by atoms with Crippen LogP contribution in [0.5, 0.6) is 11.5 Å².